The van der Waals surface area contributed by atoms with E-state index in [-0.39, 0.29) is 23.9 Å². The lowest BCUT2D eigenvalue weighted by Gasteiger charge is -2.22. The Kier molecular flexibility index (Phi) is 4.85. The number of imide groups is 1. The predicted molar refractivity (Wildman–Crippen MR) is 96.9 cm³/mol. The Morgan fingerprint density at radius 3 is 2.27 bits per heavy atom. The minimum atomic E-state index is -0.554. The van der Waals surface area contributed by atoms with Crippen LogP contribution in [0.4, 0.5) is 4.79 Å². The lowest BCUT2D eigenvalue weighted by Crippen LogP contribution is -2.38. The lowest BCUT2D eigenvalue weighted by molar-refractivity contribution is 0.0511. The zero-order chi connectivity index (χ0) is 18.9. The average molecular weight is 356 g/mol. The van der Waals surface area contributed by atoms with Crippen LogP contribution in [0.5, 0.6) is 0 Å². The van der Waals surface area contributed by atoms with E-state index in [0.29, 0.717) is 17.5 Å². The molecule has 1 N–H and O–H groups in total. The first-order valence-electron chi connectivity index (χ1n) is 8.91. The fraction of sp³-hybridized carbons (Fsp3) is 0.450. The number of carbonyl (C=O) groups is 3. The minimum Gasteiger partial charge on any atom is -0.444 e. The van der Waals surface area contributed by atoms with Gasteiger partial charge >= 0.3 is 6.09 Å². The second-order valence-corrected chi connectivity index (χ2v) is 7.66. The highest BCUT2D eigenvalue weighted by Gasteiger charge is 2.39. The number of rotatable bonds is 2. The minimum absolute atomic E-state index is 0.176. The third-order valence-corrected chi connectivity index (χ3v) is 4.44. The largest absolute Gasteiger partial charge is 0.444 e. The van der Waals surface area contributed by atoms with E-state index >= 15 is 0 Å². The summed E-state index contributed by atoms with van der Waals surface area (Å²) in [5.41, 5.74) is 0.360. The molecule has 0 spiro atoms. The summed E-state index contributed by atoms with van der Waals surface area (Å²) in [6.45, 7) is 5.44. The maximum Gasteiger partial charge on any atom is 0.408 e. The standard InChI is InChI=1S/C20H24N2O4/c1-20(2,3)26-19(25)21-13-7-6-8-14(12-11-13)22-17(23)15-9-4-5-10-16(15)18(22)24/h4-5,9-14H,6-8H2,1-3H3,(H,21,25)/t13-,14+/m0/s1. The zero-order valence-electron chi connectivity index (χ0n) is 15.3. The molecule has 0 saturated carbocycles. The van der Waals surface area contributed by atoms with Gasteiger partial charge in [-0.15, -0.1) is 0 Å². The van der Waals surface area contributed by atoms with E-state index in [2.05, 4.69) is 5.32 Å². The van der Waals surface area contributed by atoms with Crippen LogP contribution >= 0.6 is 0 Å². The van der Waals surface area contributed by atoms with E-state index in [9.17, 15) is 14.4 Å². The number of amides is 3. The summed E-state index contributed by atoms with van der Waals surface area (Å²) in [4.78, 5) is 38.5. The molecule has 1 heterocycles. The van der Waals surface area contributed by atoms with Gasteiger partial charge < -0.3 is 10.1 Å². The Labute approximate surface area is 153 Å². The molecule has 2 atom stereocenters. The normalized spacial score (nSPS) is 22.8. The number of hydrogen-bond donors (Lipinski definition) is 1. The molecule has 6 nitrogen and oxygen atoms in total. The molecule has 3 rings (SSSR count). The van der Waals surface area contributed by atoms with Crippen LogP contribution in [0.25, 0.3) is 0 Å². The van der Waals surface area contributed by atoms with Crippen molar-refractivity contribution in [3.8, 4) is 0 Å². The Balaban J connectivity index is 1.69. The summed E-state index contributed by atoms with van der Waals surface area (Å²) in [5, 5.41) is 2.83. The van der Waals surface area contributed by atoms with E-state index in [1.165, 1.54) is 4.90 Å². The molecule has 6 heteroatoms. The zero-order valence-corrected chi connectivity index (χ0v) is 15.3. The van der Waals surface area contributed by atoms with Crippen molar-refractivity contribution in [2.45, 2.75) is 57.7 Å². The molecule has 138 valence electrons. The molecule has 0 aromatic heterocycles. The van der Waals surface area contributed by atoms with Crippen LogP contribution in [-0.2, 0) is 4.74 Å². The van der Waals surface area contributed by atoms with Crippen molar-refractivity contribution >= 4 is 17.9 Å². The Morgan fingerprint density at radius 2 is 1.69 bits per heavy atom. The van der Waals surface area contributed by atoms with E-state index in [4.69, 9.17) is 4.74 Å². The lowest BCUT2D eigenvalue weighted by atomic mass is 10.1. The molecular formula is C20H24N2O4. The van der Waals surface area contributed by atoms with Crippen molar-refractivity contribution in [2.24, 2.45) is 0 Å². The average Bonchev–Trinajstić information content (AvgIpc) is 2.71. The first-order chi connectivity index (χ1) is 12.3. The number of hydrogen-bond acceptors (Lipinski definition) is 4. The second-order valence-electron chi connectivity index (χ2n) is 7.66. The molecule has 0 saturated heterocycles. The van der Waals surface area contributed by atoms with Crippen LogP contribution in [-0.4, -0.2) is 40.5 Å². The van der Waals surface area contributed by atoms with Gasteiger partial charge in [0.1, 0.15) is 5.60 Å². The first kappa shape index (κ1) is 18.2. The first-order valence-corrected chi connectivity index (χ1v) is 8.91. The molecule has 3 amide bonds. The maximum atomic E-state index is 12.6. The van der Waals surface area contributed by atoms with Gasteiger partial charge in [-0.05, 0) is 52.2 Å². The topological polar surface area (TPSA) is 75.7 Å². The Bertz CT molecular complexity index is 728. The molecule has 0 fully saturated rings. The van der Waals surface area contributed by atoms with Crippen molar-refractivity contribution in [3.05, 3.63) is 47.5 Å². The van der Waals surface area contributed by atoms with Gasteiger partial charge in [-0.2, -0.15) is 0 Å². The monoisotopic (exact) mass is 356 g/mol. The number of ether oxygens (including phenoxy) is 1. The van der Waals surface area contributed by atoms with E-state index in [1.54, 1.807) is 24.3 Å². The number of nitrogens with one attached hydrogen (secondary N) is 1. The quantitative estimate of drug-likeness (QED) is 0.652. The van der Waals surface area contributed by atoms with Crippen LogP contribution in [0.1, 0.15) is 60.7 Å². The van der Waals surface area contributed by atoms with Crippen molar-refractivity contribution in [2.75, 3.05) is 0 Å². The number of fused-ring (bicyclic) bond motifs is 1. The molecular weight excluding hydrogens is 332 g/mol. The molecule has 26 heavy (non-hydrogen) atoms. The van der Waals surface area contributed by atoms with Crippen molar-refractivity contribution in [3.63, 3.8) is 0 Å². The smallest absolute Gasteiger partial charge is 0.408 e. The molecule has 1 aromatic rings. The number of benzene rings is 1. The van der Waals surface area contributed by atoms with E-state index in [1.807, 2.05) is 32.9 Å². The van der Waals surface area contributed by atoms with E-state index in [0.717, 1.165) is 12.8 Å². The molecule has 1 aliphatic heterocycles. The van der Waals surface area contributed by atoms with Gasteiger partial charge in [0.25, 0.3) is 11.8 Å². The van der Waals surface area contributed by atoms with Crippen molar-refractivity contribution in [1.29, 1.82) is 0 Å². The second kappa shape index (κ2) is 6.94. The number of alkyl carbamates (subject to hydrolysis) is 1. The van der Waals surface area contributed by atoms with Gasteiger partial charge in [0.2, 0.25) is 0 Å². The van der Waals surface area contributed by atoms with Gasteiger partial charge in [-0.1, -0.05) is 24.3 Å². The number of nitrogens with zero attached hydrogens (tertiary/aromatic N) is 1. The van der Waals surface area contributed by atoms with Gasteiger partial charge in [-0.25, -0.2) is 4.79 Å². The summed E-state index contributed by atoms with van der Waals surface area (Å²) in [6, 6.07) is 6.41. The molecule has 2 aliphatic rings. The highest BCUT2D eigenvalue weighted by molar-refractivity contribution is 6.21. The summed E-state index contributed by atoms with van der Waals surface area (Å²) < 4.78 is 5.28. The summed E-state index contributed by atoms with van der Waals surface area (Å²) >= 11 is 0. The summed E-state index contributed by atoms with van der Waals surface area (Å²) in [7, 11) is 0. The summed E-state index contributed by atoms with van der Waals surface area (Å²) in [5.74, 6) is -0.502. The van der Waals surface area contributed by atoms with Crippen LogP contribution < -0.4 is 5.32 Å². The maximum absolute atomic E-state index is 12.6. The van der Waals surface area contributed by atoms with Gasteiger partial charge in [-0.3, -0.25) is 14.5 Å². The third-order valence-electron chi connectivity index (χ3n) is 4.44. The predicted octanol–water partition coefficient (Wildman–Crippen LogP) is 3.28. The fourth-order valence-corrected chi connectivity index (χ4v) is 3.31. The molecule has 0 bridgehead atoms. The third kappa shape index (κ3) is 3.79. The van der Waals surface area contributed by atoms with Crippen LogP contribution in [0.3, 0.4) is 0 Å². The molecule has 0 radical (unpaired) electrons. The highest BCUT2D eigenvalue weighted by atomic mass is 16.6. The molecule has 0 unspecified atom stereocenters. The Hall–Kier alpha value is -2.63. The fourth-order valence-electron chi connectivity index (χ4n) is 3.31. The molecule has 1 aromatic carbocycles. The highest BCUT2D eigenvalue weighted by Crippen LogP contribution is 2.28. The molecule has 1 aliphatic carbocycles. The van der Waals surface area contributed by atoms with E-state index < -0.39 is 11.7 Å². The van der Waals surface area contributed by atoms with Crippen LogP contribution in [0.2, 0.25) is 0 Å². The van der Waals surface area contributed by atoms with Crippen molar-refractivity contribution in [1.82, 2.24) is 10.2 Å². The SMILES string of the molecule is CC(C)(C)OC(=O)N[C@@H]1C=C[C@H](N2C(=O)c3ccccc3C2=O)CCC1. The summed E-state index contributed by atoms with van der Waals surface area (Å²) in [6.07, 6.45) is 5.42. The van der Waals surface area contributed by atoms with Gasteiger partial charge in [0.15, 0.2) is 0 Å². The van der Waals surface area contributed by atoms with Gasteiger partial charge in [0, 0.05) is 0 Å². The van der Waals surface area contributed by atoms with Gasteiger partial charge in [0.05, 0.1) is 23.2 Å². The number of carbonyl (C=O) groups excluding carboxylic acids is 3. The van der Waals surface area contributed by atoms with Crippen LogP contribution in [0, 0.1) is 0 Å². The van der Waals surface area contributed by atoms with Crippen molar-refractivity contribution < 1.29 is 19.1 Å². The Morgan fingerprint density at radius 1 is 1.08 bits per heavy atom. The van der Waals surface area contributed by atoms with Crippen LogP contribution in [0.15, 0.2) is 36.4 Å².